The molecule has 0 saturated carbocycles. The molecule has 2 rings (SSSR count). The molecule has 1 aromatic carbocycles. The number of nitrogens with one attached hydrogen (secondary N) is 3. The number of aliphatic hydroxyl groups excluding tert-OH is 1. The van der Waals surface area contributed by atoms with E-state index in [1.54, 1.807) is 13.0 Å². The molecule has 6 nitrogen and oxygen atoms in total. The first-order chi connectivity index (χ1) is 20.3. The third-order valence-corrected chi connectivity index (χ3v) is 7.47. The second kappa shape index (κ2) is 20.7. The molecule has 0 amide bonds. The number of allylic oxidation sites excluding steroid dienone is 7. The minimum absolute atomic E-state index is 0.0220. The van der Waals surface area contributed by atoms with Crippen molar-refractivity contribution in [3.05, 3.63) is 70.1 Å². The van der Waals surface area contributed by atoms with E-state index >= 15 is 0 Å². The van der Waals surface area contributed by atoms with Crippen molar-refractivity contribution in [3.63, 3.8) is 0 Å². The lowest BCUT2D eigenvalue weighted by Crippen LogP contribution is -2.29. The Kier molecular flexibility index (Phi) is 19.2. The van der Waals surface area contributed by atoms with Crippen LogP contribution in [0.4, 0.5) is 8.78 Å². The van der Waals surface area contributed by atoms with Crippen molar-refractivity contribution in [2.75, 3.05) is 40.8 Å². The highest BCUT2D eigenvalue weighted by Gasteiger charge is 2.18. The topological polar surface area (TPSA) is 68.8 Å². The smallest absolute Gasteiger partial charge is 0.201 e. The van der Waals surface area contributed by atoms with E-state index in [2.05, 4.69) is 49.7 Å². The first-order valence-corrected chi connectivity index (χ1v) is 15.0. The van der Waals surface area contributed by atoms with Gasteiger partial charge in [0.1, 0.15) is 0 Å². The van der Waals surface area contributed by atoms with E-state index in [4.69, 9.17) is 9.84 Å². The monoisotopic (exact) mass is 602 g/mol. The number of hydrogen-bond donors (Lipinski definition) is 4. The van der Waals surface area contributed by atoms with Gasteiger partial charge in [-0.15, -0.1) is 12.8 Å². The lowest BCUT2D eigenvalue weighted by Gasteiger charge is -2.22. The van der Waals surface area contributed by atoms with Crippen molar-refractivity contribution in [1.82, 2.24) is 21.1 Å². The Hall–Kier alpha value is -3.12. The van der Waals surface area contributed by atoms with Gasteiger partial charge in [-0.05, 0) is 88.3 Å². The van der Waals surface area contributed by atoms with Gasteiger partial charge in [-0.2, -0.15) is 4.39 Å². The van der Waals surface area contributed by atoms with Crippen molar-refractivity contribution < 1.29 is 18.6 Å². The van der Waals surface area contributed by atoms with Gasteiger partial charge in [0.2, 0.25) is 5.82 Å². The SMILES string of the molecule is C#C.CC(O)C(C)(C)C.CC/C(CCCOc1c(C2=CCC(C)=C(NCCNC)C=C2)ccc(F)c1F)=C(/C)N(C)NC. The summed E-state index contributed by atoms with van der Waals surface area (Å²) in [5.74, 6) is -1.86. The molecule has 0 spiro atoms. The molecule has 0 radical (unpaired) electrons. The number of rotatable bonds is 13. The summed E-state index contributed by atoms with van der Waals surface area (Å²) in [5.41, 5.74) is 9.25. The predicted octanol–water partition coefficient (Wildman–Crippen LogP) is 6.96. The Morgan fingerprint density at radius 1 is 1.14 bits per heavy atom. The summed E-state index contributed by atoms with van der Waals surface area (Å²) in [6.45, 7) is 16.1. The van der Waals surface area contributed by atoms with Crippen LogP contribution < -0.4 is 20.8 Å². The quantitative estimate of drug-likeness (QED) is 0.111. The number of hydrazine groups is 1. The fourth-order valence-electron chi connectivity index (χ4n) is 3.87. The second-order valence-corrected chi connectivity index (χ2v) is 11.5. The van der Waals surface area contributed by atoms with E-state index in [1.165, 1.54) is 22.9 Å². The molecule has 1 unspecified atom stereocenters. The molecule has 0 saturated heterocycles. The van der Waals surface area contributed by atoms with Gasteiger partial charge in [-0.1, -0.05) is 45.4 Å². The number of likely N-dealkylation sites (N-methyl/N-ethyl adjacent to an activating group) is 1. The molecule has 242 valence electrons. The Balaban J connectivity index is 0.00000171. The van der Waals surface area contributed by atoms with E-state index in [0.717, 1.165) is 37.2 Å². The molecular formula is C35H56F2N4O2. The summed E-state index contributed by atoms with van der Waals surface area (Å²) in [4.78, 5) is 0. The largest absolute Gasteiger partial charge is 0.490 e. The van der Waals surface area contributed by atoms with Crippen LogP contribution in [0.25, 0.3) is 5.57 Å². The fraction of sp³-hybridized carbons (Fsp3) is 0.543. The van der Waals surface area contributed by atoms with Crippen LogP contribution in [0.2, 0.25) is 0 Å². The van der Waals surface area contributed by atoms with Gasteiger partial charge in [-0.3, -0.25) is 0 Å². The lowest BCUT2D eigenvalue weighted by molar-refractivity contribution is 0.0801. The minimum Gasteiger partial charge on any atom is -0.490 e. The van der Waals surface area contributed by atoms with E-state index < -0.39 is 11.6 Å². The molecule has 4 N–H and O–H groups in total. The summed E-state index contributed by atoms with van der Waals surface area (Å²) >= 11 is 0. The first-order valence-electron chi connectivity index (χ1n) is 15.0. The van der Waals surface area contributed by atoms with Crippen LogP contribution in [0, 0.1) is 29.9 Å². The number of aliphatic hydroxyl groups is 1. The third-order valence-electron chi connectivity index (χ3n) is 7.47. The van der Waals surface area contributed by atoms with Gasteiger partial charge in [0, 0.05) is 44.1 Å². The normalized spacial score (nSPS) is 14.3. The van der Waals surface area contributed by atoms with E-state index in [-0.39, 0.29) is 17.3 Å². The second-order valence-electron chi connectivity index (χ2n) is 11.5. The van der Waals surface area contributed by atoms with Gasteiger partial charge in [0.25, 0.3) is 0 Å². The maximum absolute atomic E-state index is 14.8. The molecule has 1 atom stereocenters. The Labute approximate surface area is 260 Å². The number of hydrogen-bond acceptors (Lipinski definition) is 6. The molecule has 8 heteroatoms. The van der Waals surface area contributed by atoms with Gasteiger partial charge in [0.05, 0.1) is 12.7 Å². The molecule has 0 aliphatic heterocycles. The summed E-state index contributed by atoms with van der Waals surface area (Å²) in [5, 5.41) is 17.4. The Morgan fingerprint density at radius 3 is 2.30 bits per heavy atom. The van der Waals surface area contributed by atoms with E-state index in [1.807, 2.05) is 65.2 Å². The van der Waals surface area contributed by atoms with Crippen LogP contribution in [-0.4, -0.2) is 57.1 Å². The maximum Gasteiger partial charge on any atom is 0.201 e. The summed E-state index contributed by atoms with van der Waals surface area (Å²) in [6.07, 6.45) is 16.9. The fourth-order valence-corrected chi connectivity index (χ4v) is 3.87. The Bertz CT molecular complexity index is 1130. The molecule has 0 bridgehead atoms. The van der Waals surface area contributed by atoms with E-state index in [9.17, 15) is 8.78 Å². The van der Waals surface area contributed by atoms with Crippen molar-refractivity contribution in [3.8, 4) is 18.6 Å². The highest BCUT2D eigenvalue weighted by atomic mass is 19.2. The highest BCUT2D eigenvalue weighted by Crippen LogP contribution is 2.34. The first kappa shape index (κ1) is 39.9. The average Bonchev–Trinajstić information content (AvgIpc) is 3.16. The molecule has 1 aliphatic carbocycles. The van der Waals surface area contributed by atoms with Crippen LogP contribution in [-0.2, 0) is 0 Å². The van der Waals surface area contributed by atoms with Crippen molar-refractivity contribution in [2.45, 2.75) is 80.3 Å². The number of terminal acetylenes is 1. The molecule has 1 aliphatic rings. The number of benzene rings is 1. The van der Waals surface area contributed by atoms with Gasteiger partial charge in [0.15, 0.2) is 11.6 Å². The average molecular weight is 603 g/mol. The van der Waals surface area contributed by atoms with E-state index in [0.29, 0.717) is 25.0 Å². The zero-order valence-corrected chi connectivity index (χ0v) is 28.1. The molecule has 1 aromatic rings. The number of halogens is 2. The lowest BCUT2D eigenvalue weighted by atomic mass is 9.91. The standard InChI is InChI=1S/C27H40F2N4O.C6H14O.C2H2/c1-7-21(20(3)33(6)31-5)9-8-18-34-27-23(13-14-24(28)26(27)29)22-11-10-19(2)25(15-12-22)32-17-16-30-4;1-5(7)6(2,3)4;1-2/h11-15,30-32H,7-10,16-18H2,1-6H3;5,7H,1-4H3;1-2H/b21-20+;;. The van der Waals surface area contributed by atoms with Gasteiger partial charge in [-0.25, -0.2) is 9.82 Å². The molecule has 0 aromatic heterocycles. The molecule has 0 fully saturated rings. The van der Waals surface area contributed by atoms with Crippen molar-refractivity contribution in [2.24, 2.45) is 5.41 Å². The van der Waals surface area contributed by atoms with Crippen LogP contribution >= 0.6 is 0 Å². The third kappa shape index (κ3) is 13.8. The Morgan fingerprint density at radius 2 is 1.77 bits per heavy atom. The summed E-state index contributed by atoms with van der Waals surface area (Å²) < 4.78 is 34.8. The minimum atomic E-state index is -0.939. The molecule has 0 heterocycles. The summed E-state index contributed by atoms with van der Waals surface area (Å²) in [6, 6.07) is 2.76. The highest BCUT2D eigenvalue weighted by molar-refractivity contribution is 5.79. The van der Waals surface area contributed by atoms with Crippen LogP contribution in [0.5, 0.6) is 5.75 Å². The number of ether oxygens (including phenoxy) is 1. The van der Waals surface area contributed by atoms with Crippen LogP contribution in [0.3, 0.4) is 0 Å². The van der Waals surface area contributed by atoms with Crippen molar-refractivity contribution >= 4 is 5.57 Å². The zero-order chi connectivity index (χ0) is 33.2. The van der Waals surface area contributed by atoms with Gasteiger partial charge < -0.3 is 25.5 Å². The number of nitrogens with zero attached hydrogens (tertiary/aromatic N) is 1. The van der Waals surface area contributed by atoms with Crippen molar-refractivity contribution in [1.29, 1.82) is 0 Å². The zero-order valence-electron chi connectivity index (χ0n) is 28.1. The van der Waals surface area contributed by atoms with Gasteiger partial charge >= 0.3 is 0 Å². The molecule has 43 heavy (non-hydrogen) atoms. The van der Waals surface area contributed by atoms with Crippen LogP contribution in [0.1, 0.15) is 79.7 Å². The maximum atomic E-state index is 14.8. The summed E-state index contributed by atoms with van der Waals surface area (Å²) in [7, 11) is 5.77. The van der Waals surface area contributed by atoms with Crippen LogP contribution in [0.15, 0.2) is 52.9 Å². The predicted molar refractivity (Wildman–Crippen MR) is 178 cm³/mol. The molecular weight excluding hydrogens is 546 g/mol.